The fourth-order valence-electron chi connectivity index (χ4n) is 3.09. The van der Waals surface area contributed by atoms with Crippen LogP contribution in [0.4, 0.5) is 5.69 Å². The molecule has 2 rings (SSSR count). The number of hydrogen-bond acceptors (Lipinski definition) is 4. The molecule has 0 saturated heterocycles. The van der Waals surface area contributed by atoms with Gasteiger partial charge in [0.05, 0.1) is 5.92 Å². The Morgan fingerprint density at radius 3 is 2.64 bits per heavy atom. The molecular formula is C18H22N4O3. The molecule has 0 aromatic heterocycles. The van der Waals surface area contributed by atoms with E-state index in [0.29, 0.717) is 24.1 Å². The van der Waals surface area contributed by atoms with Gasteiger partial charge in [-0.05, 0) is 31.0 Å². The number of amides is 3. The van der Waals surface area contributed by atoms with Crippen LogP contribution in [0, 0.1) is 17.4 Å². The molecule has 1 aliphatic carbocycles. The second kappa shape index (κ2) is 8.29. The summed E-state index contributed by atoms with van der Waals surface area (Å²) < 4.78 is 0. The summed E-state index contributed by atoms with van der Waals surface area (Å²) in [6.07, 6.45) is 5.01. The van der Waals surface area contributed by atoms with Crippen LogP contribution in [-0.4, -0.2) is 35.7 Å². The third-order valence-electron chi connectivity index (χ3n) is 4.33. The van der Waals surface area contributed by atoms with Gasteiger partial charge in [0.15, 0.2) is 6.19 Å². The molecule has 0 aliphatic heterocycles. The van der Waals surface area contributed by atoms with E-state index in [0.717, 1.165) is 17.7 Å². The fraction of sp³-hybridized carbons (Fsp3) is 0.444. The fourth-order valence-corrected chi connectivity index (χ4v) is 3.09. The van der Waals surface area contributed by atoms with E-state index in [1.165, 1.54) is 14.0 Å². The lowest BCUT2D eigenvalue weighted by Gasteiger charge is -2.32. The lowest BCUT2D eigenvalue weighted by Crippen LogP contribution is -2.48. The summed E-state index contributed by atoms with van der Waals surface area (Å²) in [5.41, 5.74) is 0.956. The zero-order valence-electron chi connectivity index (χ0n) is 14.4. The van der Waals surface area contributed by atoms with Crippen LogP contribution in [0.1, 0.15) is 43.0 Å². The van der Waals surface area contributed by atoms with Gasteiger partial charge < -0.3 is 10.6 Å². The molecule has 7 heteroatoms. The van der Waals surface area contributed by atoms with Crippen LogP contribution in [0.15, 0.2) is 24.3 Å². The van der Waals surface area contributed by atoms with Crippen molar-refractivity contribution in [3.05, 3.63) is 29.8 Å². The van der Waals surface area contributed by atoms with Crippen LogP contribution in [0.2, 0.25) is 0 Å². The standard InChI is InChI=1S/C18H22N4O3/c1-12(23)20-14-7-5-6-13(10-14)17(24)21-16-9-4-3-8-15(16)18(25)22(2)11-19/h5-7,10,15-16H,3-4,8-9H2,1-2H3,(H,20,23)(H,21,24)/t15-,16-/m1/s1. The Labute approximate surface area is 147 Å². The third kappa shape index (κ3) is 4.80. The van der Waals surface area contributed by atoms with Crippen molar-refractivity contribution in [3.63, 3.8) is 0 Å². The summed E-state index contributed by atoms with van der Waals surface area (Å²) in [7, 11) is 1.44. The van der Waals surface area contributed by atoms with Crippen molar-refractivity contribution in [2.45, 2.75) is 38.6 Å². The number of nitriles is 1. The highest BCUT2D eigenvalue weighted by Gasteiger charge is 2.34. The molecular weight excluding hydrogens is 320 g/mol. The van der Waals surface area contributed by atoms with E-state index in [2.05, 4.69) is 10.6 Å². The number of benzene rings is 1. The van der Waals surface area contributed by atoms with E-state index in [4.69, 9.17) is 5.26 Å². The smallest absolute Gasteiger partial charge is 0.251 e. The van der Waals surface area contributed by atoms with E-state index >= 15 is 0 Å². The SMILES string of the molecule is CC(=O)Nc1cccc(C(=O)N[C@@H]2CCCC[C@H]2C(=O)N(C)C#N)c1. The maximum absolute atomic E-state index is 12.5. The maximum atomic E-state index is 12.5. The minimum Gasteiger partial charge on any atom is -0.349 e. The number of nitrogens with one attached hydrogen (secondary N) is 2. The van der Waals surface area contributed by atoms with Crippen LogP contribution in [0.5, 0.6) is 0 Å². The highest BCUT2D eigenvalue weighted by Crippen LogP contribution is 2.26. The lowest BCUT2D eigenvalue weighted by molar-refractivity contribution is -0.133. The minimum atomic E-state index is -0.388. The average molecular weight is 342 g/mol. The molecule has 3 amide bonds. The van der Waals surface area contributed by atoms with Gasteiger partial charge in [0.2, 0.25) is 11.8 Å². The van der Waals surface area contributed by atoms with Gasteiger partial charge in [-0.15, -0.1) is 0 Å². The molecule has 25 heavy (non-hydrogen) atoms. The molecule has 1 aromatic carbocycles. The molecule has 0 radical (unpaired) electrons. The summed E-state index contributed by atoms with van der Waals surface area (Å²) >= 11 is 0. The molecule has 2 atom stereocenters. The van der Waals surface area contributed by atoms with Gasteiger partial charge in [0, 0.05) is 31.3 Å². The normalized spacial score (nSPS) is 19.4. The zero-order chi connectivity index (χ0) is 18.4. The van der Waals surface area contributed by atoms with Gasteiger partial charge in [-0.1, -0.05) is 18.9 Å². The van der Waals surface area contributed by atoms with E-state index in [1.807, 2.05) is 6.19 Å². The molecule has 2 N–H and O–H groups in total. The maximum Gasteiger partial charge on any atom is 0.251 e. The molecule has 1 saturated carbocycles. The van der Waals surface area contributed by atoms with Crippen molar-refractivity contribution in [2.75, 3.05) is 12.4 Å². The average Bonchev–Trinajstić information content (AvgIpc) is 2.60. The number of anilines is 1. The van der Waals surface area contributed by atoms with Crippen LogP contribution in [-0.2, 0) is 9.59 Å². The molecule has 1 fully saturated rings. The topological polar surface area (TPSA) is 102 Å². The number of nitrogens with zero attached hydrogens (tertiary/aromatic N) is 2. The Kier molecular flexibility index (Phi) is 6.12. The minimum absolute atomic E-state index is 0.213. The summed E-state index contributed by atoms with van der Waals surface area (Å²) in [4.78, 5) is 37.0. The molecule has 7 nitrogen and oxygen atoms in total. The molecule has 0 bridgehead atoms. The first-order valence-electron chi connectivity index (χ1n) is 8.28. The Hall–Kier alpha value is -2.88. The van der Waals surface area contributed by atoms with Gasteiger partial charge in [-0.3, -0.25) is 19.3 Å². The number of carbonyl (C=O) groups excluding carboxylic acids is 3. The molecule has 0 heterocycles. The van der Waals surface area contributed by atoms with Crippen LogP contribution in [0.3, 0.4) is 0 Å². The van der Waals surface area contributed by atoms with Crippen molar-refractivity contribution in [1.82, 2.24) is 10.2 Å². The van der Waals surface area contributed by atoms with Crippen molar-refractivity contribution in [2.24, 2.45) is 5.92 Å². The summed E-state index contributed by atoms with van der Waals surface area (Å²) in [6.45, 7) is 1.40. The first-order valence-corrected chi connectivity index (χ1v) is 8.28. The second-order valence-electron chi connectivity index (χ2n) is 6.23. The van der Waals surface area contributed by atoms with Gasteiger partial charge in [-0.25, -0.2) is 0 Å². The summed E-state index contributed by atoms with van der Waals surface area (Å²) in [6, 6.07) is 6.34. The number of carbonyl (C=O) groups is 3. The van der Waals surface area contributed by atoms with Crippen molar-refractivity contribution < 1.29 is 14.4 Å². The molecule has 0 unspecified atom stereocenters. The van der Waals surface area contributed by atoms with Gasteiger partial charge in [-0.2, -0.15) is 5.26 Å². The van der Waals surface area contributed by atoms with Crippen LogP contribution < -0.4 is 10.6 Å². The predicted molar refractivity (Wildman–Crippen MR) is 92.3 cm³/mol. The molecule has 1 aromatic rings. The van der Waals surface area contributed by atoms with Crippen LogP contribution in [0.25, 0.3) is 0 Å². The van der Waals surface area contributed by atoms with E-state index in [9.17, 15) is 14.4 Å². The zero-order valence-corrected chi connectivity index (χ0v) is 14.4. The Morgan fingerprint density at radius 1 is 1.24 bits per heavy atom. The number of hydrogen-bond donors (Lipinski definition) is 2. The largest absolute Gasteiger partial charge is 0.349 e. The Bertz CT molecular complexity index is 711. The Morgan fingerprint density at radius 2 is 1.96 bits per heavy atom. The van der Waals surface area contributed by atoms with E-state index in [-0.39, 0.29) is 29.7 Å². The molecule has 1 aliphatic rings. The van der Waals surface area contributed by atoms with Crippen molar-refractivity contribution in [3.8, 4) is 6.19 Å². The first-order chi connectivity index (χ1) is 11.9. The van der Waals surface area contributed by atoms with E-state index in [1.54, 1.807) is 24.3 Å². The van der Waals surface area contributed by atoms with Crippen molar-refractivity contribution >= 4 is 23.4 Å². The third-order valence-corrected chi connectivity index (χ3v) is 4.33. The van der Waals surface area contributed by atoms with Crippen LogP contribution >= 0.6 is 0 Å². The van der Waals surface area contributed by atoms with Gasteiger partial charge in [0.25, 0.3) is 5.91 Å². The van der Waals surface area contributed by atoms with Gasteiger partial charge >= 0.3 is 0 Å². The highest BCUT2D eigenvalue weighted by molar-refractivity contribution is 5.97. The van der Waals surface area contributed by atoms with E-state index < -0.39 is 0 Å². The lowest BCUT2D eigenvalue weighted by atomic mass is 9.83. The summed E-state index contributed by atoms with van der Waals surface area (Å²) in [5.74, 6) is -1.16. The second-order valence-corrected chi connectivity index (χ2v) is 6.23. The molecule has 0 spiro atoms. The predicted octanol–water partition coefficient (Wildman–Crippen LogP) is 1.87. The first kappa shape index (κ1) is 18.5. The highest BCUT2D eigenvalue weighted by atomic mass is 16.2. The quantitative estimate of drug-likeness (QED) is 0.644. The van der Waals surface area contributed by atoms with Crippen molar-refractivity contribution in [1.29, 1.82) is 5.26 Å². The molecule has 132 valence electrons. The number of rotatable bonds is 4. The monoisotopic (exact) mass is 342 g/mol. The van der Waals surface area contributed by atoms with Gasteiger partial charge in [0.1, 0.15) is 0 Å². The Balaban J connectivity index is 2.11. The summed E-state index contributed by atoms with van der Waals surface area (Å²) in [5, 5.41) is 14.5.